The molecule has 0 radical (unpaired) electrons. The fourth-order valence-electron chi connectivity index (χ4n) is 2.70. The van der Waals surface area contributed by atoms with Crippen molar-refractivity contribution in [2.45, 2.75) is 58.2 Å². The normalized spacial score (nSPS) is 19.4. The quantitative estimate of drug-likeness (QED) is 0.631. The molecule has 0 aromatic carbocycles. The van der Waals surface area contributed by atoms with Crippen molar-refractivity contribution in [3.05, 3.63) is 11.8 Å². The van der Waals surface area contributed by atoms with Crippen LogP contribution in [0.15, 0.2) is 11.8 Å². The molecule has 0 atom stereocenters. The molecule has 2 heteroatoms. The third-order valence-electron chi connectivity index (χ3n) is 4.40. The second kappa shape index (κ2) is 7.28. The molecule has 1 nitrogen and oxygen atoms in total. The molecule has 0 spiro atoms. The Kier molecular flexibility index (Phi) is 6.36. The number of nitrogens with zero attached hydrogens (tertiary/aromatic N) is 1. The molecule has 1 rings (SSSR count). The highest BCUT2D eigenvalue weighted by Gasteiger charge is 2.22. The standard InChI is InChI=1S/C14H29NSi/c1-4-16(5-2,6-3)14-10-13-15-11-8-7-9-12-15/h10,14H,4-9,11-13H2,1-3H3/b14-10-. The Balaban J connectivity index is 2.38. The lowest BCUT2D eigenvalue weighted by Gasteiger charge is -2.27. The second-order valence-corrected chi connectivity index (χ2v) is 10.4. The molecule has 0 aromatic heterocycles. The topological polar surface area (TPSA) is 3.24 Å². The number of hydrogen-bond acceptors (Lipinski definition) is 1. The van der Waals surface area contributed by atoms with Gasteiger partial charge in [0.25, 0.3) is 0 Å². The van der Waals surface area contributed by atoms with Gasteiger partial charge in [0.2, 0.25) is 0 Å². The molecule has 0 bridgehead atoms. The molecule has 1 fully saturated rings. The van der Waals surface area contributed by atoms with E-state index >= 15 is 0 Å². The number of rotatable bonds is 6. The highest BCUT2D eigenvalue weighted by Crippen LogP contribution is 2.21. The van der Waals surface area contributed by atoms with E-state index in [0.29, 0.717) is 0 Å². The van der Waals surface area contributed by atoms with E-state index in [1.54, 1.807) is 0 Å². The van der Waals surface area contributed by atoms with Gasteiger partial charge in [0.15, 0.2) is 0 Å². The Morgan fingerprint density at radius 3 is 2.00 bits per heavy atom. The lowest BCUT2D eigenvalue weighted by molar-refractivity contribution is 0.251. The average Bonchev–Trinajstić information content (AvgIpc) is 2.37. The third-order valence-corrected chi connectivity index (χ3v) is 9.56. The van der Waals surface area contributed by atoms with Gasteiger partial charge in [0.05, 0.1) is 8.07 Å². The van der Waals surface area contributed by atoms with Crippen LogP contribution in [0.1, 0.15) is 40.0 Å². The van der Waals surface area contributed by atoms with Crippen molar-refractivity contribution in [1.82, 2.24) is 4.90 Å². The fraction of sp³-hybridized carbons (Fsp3) is 0.857. The minimum absolute atomic E-state index is 1.01. The third kappa shape index (κ3) is 4.06. The van der Waals surface area contributed by atoms with Crippen molar-refractivity contribution < 1.29 is 0 Å². The lowest BCUT2D eigenvalue weighted by atomic mass is 10.1. The van der Waals surface area contributed by atoms with Crippen LogP contribution in [0.25, 0.3) is 0 Å². The van der Waals surface area contributed by atoms with Gasteiger partial charge in [-0.3, -0.25) is 4.90 Å². The molecule has 1 heterocycles. The summed E-state index contributed by atoms with van der Waals surface area (Å²) in [6.07, 6.45) is 6.74. The summed E-state index contributed by atoms with van der Waals surface area (Å²) in [4.78, 5) is 2.61. The van der Waals surface area contributed by atoms with Crippen LogP contribution in [0.5, 0.6) is 0 Å². The second-order valence-electron chi connectivity index (χ2n) is 5.19. The van der Waals surface area contributed by atoms with Gasteiger partial charge < -0.3 is 0 Å². The Morgan fingerprint density at radius 1 is 0.938 bits per heavy atom. The molecule has 1 aliphatic rings. The minimum atomic E-state index is -1.01. The number of piperidine rings is 1. The van der Waals surface area contributed by atoms with Crippen molar-refractivity contribution in [1.29, 1.82) is 0 Å². The van der Waals surface area contributed by atoms with Crippen LogP contribution in [0.4, 0.5) is 0 Å². The first-order valence-electron chi connectivity index (χ1n) is 7.16. The van der Waals surface area contributed by atoms with Crippen LogP contribution in [0, 0.1) is 0 Å². The van der Waals surface area contributed by atoms with E-state index in [9.17, 15) is 0 Å². The van der Waals surface area contributed by atoms with E-state index < -0.39 is 8.07 Å². The Labute approximate surface area is 103 Å². The molecule has 94 valence electrons. The van der Waals surface area contributed by atoms with Gasteiger partial charge in [-0.15, -0.1) is 0 Å². The molecule has 0 N–H and O–H groups in total. The zero-order valence-corrected chi connectivity index (χ0v) is 12.5. The summed E-state index contributed by atoms with van der Waals surface area (Å²) in [5.74, 6) is 0. The lowest BCUT2D eigenvalue weighted by Crippen LogP contribution is -2.32. The minimum Gasteiger partial charge on any atom is -0.300 e. The average molecular weight is 239 g/mol. The summed E-state index contributed by atoms with van der Waals surface area (Å²) < 4.78 is 0. The van der Waals surface area contributed by atoms with E-state index in [0.717, 1.165) is 0 Å². The van der Waals surface area contributed by atoms with Crippen LogP contribution in [0.2, 0.25) is 18.1 Å². The molecule has 0 saturated carbocycles. The molecular formula is C14H29NSi. The maximum atomic E-state index is 2.63. The first-order valence-corrected chi connectivity index (χ1v) is 9.86. The van der Waals surface area contributed by atoms with Crippen LogP contribution in [0.3, 0.4) is 0 Å². The molecule has 0 amide bonds. The Morgan fingerprint density at radius 2 is 1.50 bits per heavy atom. The van der Waals surface area contributed by atoms with Gasteiger partial charge in [0, 0.05) is 6.54 Å². The Hall–Kier alpha value is -0.0831. The van der Waals surface area contributed by atoms with Crippen LogP contribution >= 0.6 is 0 Å². The first kappa shape index (κ1) is 14.0. The van der Waals surface area contributed by atoms with Crippen LogP contribution in [-0.2, 0) is 0 Å². The molecule has 0 unspecified atom stereocenters. The fourth-order valence-corrected chi connectivity index (χ4v) is 5.51. The highest BCUT2D eigenvalue weighted by molar-refractivity contribution is 6.84. The maximum Gasteiger partial charge on any atom is 0.0766 e. The molecule has 1 aliphatic heterocycles. The van der Waals surface area contributed by atoms with E-state index in [1.807, 2.05) is 0 Å². The number of likely N-dealkylation sites (tertiary alicyclic amines) is 1. The highest BCUT2D eigenvalue weighted by atomic mass is 28.3. The smallest absolute Gasteiger partial charge is 0.0766 e. The zero-order chi connectivity index (χ0) is 11.9. The van der Waals surface area contributed by atoms with Gasteiger partial charge in [-0.25, -0.2) is 0 Å². The molecule has 0 aliphatic carbocycles. The van der Waals surface area contributed by atoms with E-state index in [1.165, 1.54) is 57.0 Å². The summed E-state index contributed by atoms with van der Waals surface area (Å²) in [7, 11) is -1.01. The van der Waals surface area contributed by atoms with Crippen LogP contribution < -0.4 is 0 Å². The van der Waals surface area contributed by atoms with Gasteiger partial charge in [-0.1, -0.05) is 57.1 Å². The zero-order valence-electron chi connectivity index (χ0n) is 11.5. The van der Waals surface area contributed by atoms with Crippen molar-refractivity contribution in [2.75, 3.05) is 19.6 Å². The largest absolute Gasteiger partial charge is 0.300 e. The van der Waals surface area contributed by atoms with Gasteiger partial charge in [0.1, 0.15) is 0 Å². The predicted molar refractivity (Wildman–Crippen MR) is 76.6 cm³/mol. The van der Waals surface area contributed by atoms with Crippen molar-refractivity contribution in [2.24, 2.45) is 0 Å². The van der Waals surface area contributed by atoms with Gasteiger partial charge in [-0.2, -0.15) is 0 Å². The van der Waals surface area contributed by atoms with Gasteiger partial charge in [-0.05, 0) is 25.9 Å². The molecule has 0 aromatic rings. The molecule has 1 saturated heterocycles. The van der Waals surface area contributed by atoms with Crippen molar-refractivity contribution >= 4 is 8.07 Å². The summed E-state index contributed by atoms with van der Waals surface area (Å²) in [6, 6.07) is 4.24. The number of hydrogen-bond donors (Lipinski definition) is 0. The molecular weight excluding hydrogens is 210 g/mol. The van der Waals surface area contributed by atoms with Crippen molar-refractivity contribution in [3.8, 4) is 0 Å². The Bertz CT molecular complexity index is 195. The predicted octanol–water partition coefficient (Wildman–Crippen LogP) is 4.08. The van der Waals surface area contributed by atoms with E-state index in [4.69, 9.17) is 0 Å². The van der Waals surface area contributed by atoms with E-state index in [-0.39, 0.29) is 0 Å². The van der Waals surface area contributed by atoms with E-state index in [2.05, 4.69) is 37.4 Å². The van der Waals surface area contributed by atoms with Crippen LogP contribution in [-0.4, -0.2) is 32.6 Å². The first-order chi connectivity index (χ1) is 7.76. The SMILES string of the molecule is CC[Si](/C=C\CN1CCCCC1)(CC)CC. The summed E-state index contributed by atoms with van der Waals surface area (Å²) in [6.45, 7) is 11.0. The summed E-state index contributed by atoms with van der Waals surface area (Å²) >= 11 is 0. The summed E-state index contributed by atoms with van der Waals surface area (Å²) in [5, 5.41) is 0. The van der Waals surface area contributed by atoms with Crippen molar-refractivity contribution in [3.63, 3.8) is 0 Å². The monoisotopic (exact) mass is 239 g/mol. The summed E-state index contributed by atoms with van der Waals surface area (Å²) in [5.41, 5.74) is 2.63. The molecule has 16 heavy (non-hydrogen) atoms. The maximum absolute atomic E-state index is 2.63. The van der Waals surface area contributed by atoms with Gasteiger partial charge >= 0.3 is 0 Å².